The molecule has 0 unspecified atom stereocenters. The van der Waals surface area contributed by atoms with E-state index in [-0.39, 0.29) is 18.8 Å². The highest BCUT2D eigenvalue weighted by atomic mass is 35.5. The second-order valence-electron chi connectivity index (χ2n) is 5.20. The van der Waals surface area contributed by atoms with Gasteiger partial charge in [-0.1, -0.05) is 17.7 Å². The topological polar surface area (TPSA) is 82.5 Å². The highest BCUT2D eigenvalue weighted by molar-refractivity contribution is 6.30. The van der Waals surface area contributed by atoms with E-state index in [4.69, 9.17) is 16.7 Å². The Hall–Kier alpha value is -2.44. The van der Waals surface area contributed by atoms with Crippen molar-refractivity contribution in [1.29, 1.82) is 0 Å². The Kier molecular flexibility index (Phi) is 4.02. The number of imide groups is 1. The first kappa shape index (κ1) is 15.5. The van der Waals surface area contributed by atoms with Gasteiger partial charge in [0.25, 0.3) is 11.8 Å². The number of carbonyl (C=O) groups excluding carboxylic acids is 2. The van der Waals surface area contributed by atoms with Crippen LogP contribution in [0.25, 0.3) is 10.9 Å². The molecule has 2 aromatic rings. The standard InChI is InChI=1S/C16H14ClN3O3/c1-9-6-14(17)19-12-7-10(2-3-11(9)12)18-13-8-15(22)20(4-5-21)16(13)23/h2-3,6-8,18,21H,4-5H2,1H3. The number of aromatic nitrogens is 1. The molecule has 2 amide bonds. The van der Waals surface area contributed by atoms with E-state index in [1.807, 2.05) is 13.0 Å². The summed E-state index contributed by atoms with van der Waals surface area (Å²) in [5, 5.41) is 13.2. The summed E-state index contributed by atoms with van der Waals surface area (Å²) in [4.78, 5) is 29.1. The second-order valence-corrected chi connectivity index (χ2v) is 5.58. The minimum Gasteiger partial charge on any atom is -0.395 e. The zero-order valence-corrected chi connectivity index (χ0v) is 13.1. The summed E-state index contributed by atoms with van der Waals surface area (Å²) >= 11 is 5.97. The molecule has 6 nitrogen and oxygen atoms in total. The first-order valence-electron chi connectivity index (χ1n) is 7.02. The maximum Gasteiger partial charge on any atom is 0.277 e. The number of nitrogens with one attached hydrogen (secondary N) is 1. The van der Waals surface area contributed by atoms with Crippen molar-refractivity contribution in [3.05, 3.63) is 46.8 Å². The number of rotatable bonds is 4. The van der Waals surface area contributed by atoms with Crippen LogP contribution in [-0.2, 0) is 9.59 Å². The number of carbonyl (C=O) groups is 2. The maximum atomic E-state index is 12.1. The molecule has 0 radical (unpaired) electrons. The van der Waals surface area contributed by atoms with Crippen molar-refractivity contribution in [3.8, 4) is 0 Å². The lowest BCUT2D eigenvalue weighted by atomic mass is 10.1. The van der Waals surface area contributed by atoms with Crippen molar-refractivity contribution in [2.24, 2.45) is 0 Å². The molecule has 2 heterocycles. The van der Waals surface area contributed by atoms with Crippen LogP contribution in [0.15, 0.2) is 36.0 Å². The number of benzene rings is 1. The number of halogens is 1. The van der Waals surface area contributed by atoms with E-state index in [2.05, 4.69) is 10.3 Å². The van der Waals surface area contributed by atoms with Gasteiger partial charge in [-0.3, -0.25) is 14.5 Å². The lowest BCUT2D eigenvalue weighted by Gasteiger charge is -2.13. The molecule has 7 heteroatoms. The summed E-state index contributed by atoms with van der Waals surface area (Å²) < 4.78 is 0. The van der Waals surface area contributed by atoms with E-state index in [0.29, 0.717) is 16.4 Å². The van der Waals surface area contributed by atoms with Crippen LogP contribution in [0.1, 0.15) is 5.56 Å². The molecule has 118 valence electrons. The van der Waals surface area contributed by atoms with Gasteiger partial charge in [0.2, 0.25) is 0 Å². The number of fused-ring (bicyclic) bond motifs is 1. The van der Waals surface area contributed by atoms with Crippen molar-refractivity contribution < 1.29 is 14.7 Å². The van der Waals surface area contributed by atoms with Crippen LogP contribution in [0.5, 0.6) is 0 Å². The molecular formula is C16H14ClN3O3. The van der Waals surface area contributed by atoms with Crippen LogP contribution in [0.3, 0.4) is 0 Å². The van der Waals surface area contributed by atoms with Gasteiger partial charge in [-0.2, -0.15) is 0 Å². The molecule has 0 aliphatic carbocycles. The molecule has 0 saturated carbocycles. The quantitative estimate of drug-likeness (QED) is 0.660. The number of amides is 2. The molecule has 1 aromatic heterocycles. The minimum atomic E-state index is -0.459. The van der Waals surface area contributed by atoms with Gasteiger partial charge < -0.3 is 10.4 Å². The Bertz CT molecular complexity index is 848. The number of hydrogen-bond acceptors (Lipinski definition) is 5. The summed E-state index contributed by atoms with van der Waals surface area (Å²) in [5.74, 6) is -0.899. The highest BCUT2D eigenvalue weighted by Gasteiger charge is 2.30. The Morgan fingerprint density at radius 1 is 1.30 bits per heavy atom. The van der Waals surface area contributed by atoms with Crippen molar-refractivity contribution in [2.75, 3.05) is 18.5 Å². The lowest BCUT2D eigenvalue weighted by Crippen LogP contribution is -2.34. The van der Waals surface area contributed by atoms with Gasteiger partial charge in [0.15, 0.2) is 0 Å². The fraction of sp³-hybridized carbons (Fsp3) is 0.188. The summed E-state index contributed by atoms with van der Waals surface area (Å²) in [6.07, 6.45) is 1.22. The molecule has 0 atom stereocenters. The molecule has 3 rings (SSSR count). The zero-order valence-electron chi connectivity index (χ0n) is 12.3. The number of nitrogens with zero attached hydrogens (tertiary/aromatic N) is 2. The van der Waals surface area contributed by atoms with Gasteiger partial charge in [0.1, 0.15) is 10.9 Å². The van der Waals surface area contributed by atoms with Crippen LogP contribution < -0.4 is 5.32 Å². The number of aryl methyl sites for hydroxylation is 1. The first-order chi connectivity index (χ1) is 11.0. The van der Waals surface area contributed by atoms with Gasteiger partial charge in [-0.25, -0.2) is 4.98 Å². The summed E-state index contributed by atoms with van der Waals surface area (Å²) in [7, 11) is 0. The van der Waals surface area contributed by atoms with E-state index in [0.717, 1.165) is 15.8 Å². The molecule has 2 N–H and O–H groups in total. The van der Waals surface area contributed by atoms with Crippen LogP contribution in [0.4, 0.5) is 5.69 Å². The largest absolute Gasteiger partial charge is 0.395 e. The summed E-state index contributed by atoms with van der Waals surface area (Å²) in [6.45, 7) is 1.65. The average Bonchev–Trinajstić information content (AvgIpc) is 2.75. The van der Waals surface area contributed by atoms with E-state index < -0.39 is 11.8 Å². The Balaban J connectivity index is 1.89. The third-order valence-corrected chi connectivity index (χ3v) is 3.79. The third kappa shape index (κ3) is 2.91. The zero-order chi connectivity index (χ0) is 16.6. The highest BCUT2D eigenvalue weighted by Crippen LogP contribution is 2.25. The number of pyridine rings is 1. The van der Waals surface area contributed by atoms with Crippen LogP contribution >= 0.6 is 11.6 Å². The lowest BCUT2D eigenvalue weighted by molar-refractivity contribution is -0.137. The monoisotopic (exact) mass is 331 g/mol. The predicted molar refractivity (Wildman–Crippen MR) is 87.0 cm³/mol. The Morgan fingerprint density at radius 2 is 2.09 bits per heavy atom. The number of anilines is 1. The van der Waals surface area contributed by atoms with Crippen LogP contribution in [0.2, 0.25) is 5.15 Å². The molecule has 1 aliphatic rings. The first-order valence-corrected chi connectivity index (χ1v) is 7.39. The third-order valence-electron chi connectivity index (χ3n) is 3.60. The molecule has 0 bridgehead atoms. The van der Waals surface area contributed by atoms with E-state index in [9.17, 15) is 9.59 Å². The Labute approximate surface area is 137 Å². The van der Waals surface area contributed by atoms with Gasteiger partial charge >= 0.3 is 0 Å². The van der Waals surface area contributed by atoms with E-state index in [1.54, 1.807) is 18.2 Å². The summed E-state index contributed by atoms with van der Waals surface area (Å²) in [5.41, 5.74) is 2.50. The molecule has 0 fully saturated rings. The summed E-state index contributed by atoms with van der Waals surface area (Å²) in [6, 6.07) is 7.23. The van der Waals surface area contributed by atoms with Gasteiger partial charge in [0, 0.05) is 17.1 Å². The normalized spacial score (nSPS) is 14.6. The van der Waals surface area contributed by atoms with Gasteiger partial charge in [-0.15, -0.1) is 0 Å². The molecule has 1 aliphatic heterocycles. The SMILES string of the molecule is Cc1cc(Cl)nc2cc(NC3=CC(=O)N(CCO)C3=O)ccc12. The number of aliphatic hydroxyl groups is 1. The molecule has 1 aromatic carbocycles. The number of β-amino-alcohol motifs (C(OH)–C–C–N with tert-alkyl or cyclic N) is 1. The molecular weight excluding hydrogens is 318 g/mol. The van der Waals surface area contributed by atoms with Crippen LogP contribution in [-0.4, -0.2) is 40.0 Å². The fourth-order valence-corrected chi connectivity index (χ4v) is 2.76. The Morgan fingerprint density at radius 3 is 2.83 bits per heavy atom. The number of hydrogen-bond donors (Lipinski definition) is 2. The number of aliphatic hydroxyl groups excluding tert-OH is 1. The van der Waals surface area contributed by atoms with Crippen molar-refractivity contribution >= 4 is 40.0 Å². The van der Waals surface area contributed by atoms with E-state index in [1.165, 1.54) is 6.08 Å². The second kappa shape index (κ2) is 5.98. The van der Waals surface area contributed by atoms with E-state index >= 15 is 0 Å². The smallest absolute Gasteiger partial charge is 0.277 e. The van der Waals surface area contributed by atoms with Crippen molar-refractivity contribution in [3.63, 3.8) is 0 Å². The fourth-order valence-electron chi connectivity index (χ4n) is 2.50. The van der Waals surface area contributed by atoms with Crippen molar-refractivity contribution in [2.45, 2.75) is 6.92 Å². The maximum absolute atomic E-state index is 12.1. The van der Waals surface area contributed by atoms with Gasteiger partial charge in [-0.05, 0) is 30.7 Å². The predicted octanol–water partition coefficient (Wildman–Crippen LogP) is 1.85. The van der Waals surface area contributed by atoms with Gasteiger partial charge in [0.05, 0.1) is 18.7 Å². The molecule has 0 spiro atoms. The minimum absolute atomic E-state index is 0.0204. The average molecular weight is 332 g/mol. The molecule has 0 saturated heterocycles. The van der Waals surface area contributed by atoms with Crippen LogP contribution in [0, 0.1) is 6.92 Å². The molecule has 23 heavy (non-hydrogen) atoms. The van der Waals surface area contributed by atoms with Crippen molar-refractivity contribution in [1.82, 2.24) is 9.88 Å².